The number of aryl methyl sites for hydroxylation is 2. The highest BCUT2D eigenvalue weighted by molar-refractivity contribution is 8.00. The van der Waals surface area contributed by atoms with Gasteiger partial charge in [0.15, 0.2) is 0 Å². The first-order valence-electron chi connectivity index (χ1n) is 8.53. The Balaban J connectivity index is 1.49. The number of amides is 1. The number of benzene rings is 1. The highest BCUT2D eigenvalue weighted by Gasteiger charge is 2.20. The third-order valence-electron chi connectivity index (χ3n) is 4.43. The quantitative estimate of drug-likeness (QED) is 0.488. The molecule has 136 valence electrons. The number of hydrogen-bond donors (Lipinski definition) is 1. The van der Waals surface area contributed by atoms with Gasteiger partial charge in [-0.2, -0.15) is 5.26 Å². The van der Waals surface area contributed by atoms with E-state index in [1.807, 2.05) is 6.07 Å². The molecule has 1 amide bonds. The van der Waals surface area contributed by atoms with Crippen LogP contribution >= 0.6 is 34.7 Å². The zero-order valence-corrected chi connectivity index (χ0v) is 16.7. The number of nitrogens with zero attached hydrogens (tertiary/aromatic N) is 3. The molecular weight excluding hydrogens is 400 g/mol. The molecule has 0 unspecified atom stereocenters. The van der Waals surface area contributed by atoms with Gasteiger partial charge in [-0.05, 0) is 49.4 Å². The van der Waals surface area contributed by atoms with E-state index in [1.165, 1.54) is 35.0 Å². The van der Waals surface area contributed by atoms with Gasteiger partial charge in [0.2, 0.25) is 5.91 Å². The summed E-state index contributed by atoms with van der Waals surface area (Å²) in [6.45, 7) is 0. The molecule has 1 aliphatic carbocycles. The summed E-state index contributed by atoms with van der Waals surface area (Å²) >= 11 is 9.19. The van der Waals surface area contributed by atoms with Crippen molar-refractivity contribution in [3.05, 3.63) is 45.6 Å². The van der Waals surface area contributed by atoms with Crippen LogP contribution in [0.4, 0.5) is 5.69 Å². The van der Waals surface area contributed by atoms with Crippen molar-refractivity contribution in [1.29, 1.82) is 5.26 Å². The van der Waals surface area contributed by atoms with Crippen molar-refractivity contribution in [1.82, 2.24) is 9.97 Å². The van der Waals surface area contributed by atoms with Crippen LogP contribution in [0.5, 0.6) is 0 Å². The second-order valence-electron chi connectivity index (χ2n) is 6.21. The van der Waals surface area contributed by atoms with Crippen LogP contribution < -0.4 is 5.32 Å². The summed E-state index contributed by atoms with van der Waals surface area (Å²) in [6, 6.07) is 6.85. The third-order valence-corrected chi connectivity index (χ3v) is 6.93. The van der Waals surface area contributed by atoms with E-state index in [1.54, 1.807) is 35.9 Å². The molecule has 0 radical (unpaired) electrons. The van der Waals surface area contributed by atoms with Crippen LogP contribution in [-0.2, 0) is 17.6 Å². The Morgan fingerprint density at radius 1 is 1.33 bits per heavy atom. The summed E-state index contributed by atoms with van der Waals surface area (Å²) < 4.78 is 0. The number of aromatic nitrogens is 2. The van der Waals surface area contributed by atoms with Crippen molar-refractivity contribution >= 4 is 56.5 Å². The normalized spacial score (nSPS) is 13.2. The summed E-state index contributed by atoms with van der Waals surface area (Å²) in [7, 11) is 0. The summed E-state index contributed by atoms with van der Waals surface area (Å²) in [4.78, 5) is 23.6. The Morgan fingerprint density at radius 3 is 3.00 bits per heavy atom. The molecule has 8 heteroatoms. The van der Waals surface area contributed by atoms with E-state index < -0.39 is 0 Å². The van der Waals surface area contributed by atoms with Crippen LogP contribution in [0.15, 0.2) is 29.6 Å². The average Bonchev–Trinajstić information content (AvgIpc) is 3.06. The van der Waals surface area contributed by atoms with E-state index in [-0.39, 0.29) is 11.7 Å². The number of halogens is 1. The molecular formula is C19H15ClN4OS2. The molecule has 5 nitrogen and oxygen atoms in total. The Bertz CT molecular complexity index is 1070. The lowest BCUT2D eigenvalue weighted by Crippen LogP contribution is -2.14. The fourth-order valence-electron chi connectivity index (χ4n) is 3.19. The Kier molecular flexibility index (Phi) is 5.30. The third kappa shape index (κ3) is 3.79. The van der Waals surface area contributed by atoms with Gasteiger partial charge in [-0.3, -0.25) is 4.79 Å². The van der Waals surface area contributed by atoms with Crippen molar-refractivity contribution in [3.63, 3.8) is 0 Å². The first-order valence-corrected chi connectivity index (χ1v) is 10.7. The predicted molar refractivity (Wildman–Crippen MR) is 110 cm³/mol. The molecule has 0 spiro atoms. The van der Waals surface area contributed by atoms with Crippen LogP contribution in [0.3, 0.4) is 0 Å². The van der Waals surface area contributed by atoms with Crippen LogP contribution in [0.25, 0.3) is 10.2 Å². The topological polar surface area (TPSA) is 78.7 Å². The molecule has 0 atom stereocenters. The molecule has 0 fully saturated rings. The van der Waals surface area contributed by atoms with E-state index in [2.05, 4.69) is 15.3 Å². The predicted octanol–water partition coefficient (Wildman–Crippen LogP) is 4.83. The molecule has 0 saturated heterocycles. The number of carbonyl (C=O) groups excluding carboxylic acids is 1. The molecule has 0 saturated carbocycles. The summed E-state index contributed by atoms with van der Waals surface area (Å²) in [5, 5.41) is 14.0. The van der Waals surface area contributed by atoms with Gasteiger partial charge < -0.3 is 5.32 Å². The van der Waals surface area contributed by atoms with Crippen molar-refractivity contribution in [2.24, 2.45) is 0 Å². The number of nitrogens with one attached hydrogen (secondary N) is 1. The van der Waals surface area contributed by atoms with Crippen molar-refractivity contribution in [2.75, 3.05) is 11.1 Å². The first kappa shape index (κ1) is 18.2. The Labute approximate surface area is 169 Å². The van der Waals surface area contributed by atoms with Crippen LogP contribution in [-0.4, -0.2) is 21.6 Å². The van der Waals surface area contributed by atoms with Crippen LogP contribution in [0, 0.1) is 11.3 Å². The van der Waals surface area contributed by atoms with Gasteiger partial charge in [0.1, 0.15) is 22.3 Å². The SMILES string of the molecule is N#Cc1ccc(NC(=O)CSc2ncnc3sc4c(c23)CCCC4)cc1Cl. The maximum Gasteiger partial charge on any atom is 0.234 e. The highest BCUT2D eigenvalue weighted by atomic mass is 35.5. The molecule has 1 aliphatic rings. The van der Waals surface area contributed by atoms with Crippen molar-refractivity contribution < 1.29 is 4.79 Å². The maximum absolute atomic E-state index is 12.3. The van der Waals surface area contributed by atoms with Gasteiger partial charge in [0.25, 0.3) is 0 Å². The first-order chi connectivity index (χ1) is 13.2. The summed E-state index contributed by atoms with van der Waals surface area (Å²) in [6.07, 6.45) is 6.17. The molecule has 4 rings (SSSR count). The van der Waals surface area contributed by atoms with Gasteiger partial charge in [-0.25, -0.2) is 9.97 Å². The van der Waals surface area contributed by atoms with E-state index in [9.17, 15) is 4.79 Å². The van der Waals surface area contributed by atoms with E-state index in [0.29, 0.717) is 16.3 Å². The van der Waals surface area contributed by atoms with E-state index in [4.69, 9.17) is 16.9 Å². The summed E-state index contributed by atoms with van der Waals surface area (Å²) in [5.41, 5.74) is 2.32. The second kappa shape index (κ2) is 7.85. The molecule has 3 aromatic rings. The van der Waals surface area contributed by atoms with Gasteiger partial charge in [0.05, 0.1) is 16.3 Å². The number of carbonyl (C=O) groups is 1. The molecule has 0 aliphatic heterocycles. The molecule has 0 bridgehead atoms. The number of fused-ring (bicyclic) bond motifs is 3. The molecule has 1 aromatic carbocycles. The zero-order chi connectivity index (χ0) is 18.8. The smallest absolute Gasteiger partial charge is 0.234 e. The number of nitriles is 1. The van der Waals surface area contributed by atoms with Crippen LogP contribution in [0.2, 0.25) is 5.02 Å². The van der Waals surface area contributed by atoms with E-state index >= 15 is 0 Å². The average molecular weight is 415 g/mol. The number of thioether (sulfide) groups is 1. The number of hydrogen-bond acceptors (Lipinski definition) is 6. The maximum atomic E-state index is 12.3. The van der Waals surface area contributed by atoms with Gasteiger partial charge in [-0.15, -0.1) is 11.3 Å². The molecule has 2 heterocycles. The fraction of sp³-hybridized carbons (Fsp3) is 0.263. The van der Waals surface area contributed by atoms with Crippen molar-refractivity contribution in [2.45, 2.75) is 30.7 Å². The lowest BCUT2D eigenvalue weighted by atomic mass is 9.97. The largest absolute Gasteiger partial charge is 0.325 e. The standard InChI is InChI=1S/C19H15ClN4OS2/c20-14-7-12(6-5-11(14)8-21)24-16(25)9-26-18-17-13-3-1-2-4-15(13)27-19(17)23-10-22-18/h5-7,10H,1-4,9H2,(H,24,25). The number of thiophene rings is 1. The summed E-state index contributed by atoms with van der Waals surface area (Å²) in [5.74, 6) is 0.102. The highest BCUT2D eigenvalue weighted by Crippen LogP contribution is 2.39. The number of anilines is 1. The fourth-order valence-corrected chi connectivity index (χ4v) is 5.53. The lowest BCUT2D eigenvalue weighted by molar-refractivity contribution is -0.113. The second-order valence-corrected chi connectivity index (χ2v) is 8.67. The Hall–Kier alpha value is -2.14. The molecule has 1 N–H and O–H groups in total. The van der Waals surface area contributed by atoms with Crippen LogP contribution in [0.1, 0.15) is 28.8 Å². The Morgan fingerprint density at radius 2 is 2.19 bits per heavy atom. The van der Waals surface area contributed by atoms with Gasteiger partial charge in [-0.1, -0.05) is 23.4 Å². The monoisotopic (exact) mass is 414 g/mol. The lowest BCUT2D eigenvalue weighted by Gasteiger charge is -2.11. The minimum atomic E-state index is -0.142. The number of rotatable bonds is 4. The van der Waals surface area contributed by atoms with Gasteiger partial charge >= 0.3 is 0 Å². The molecule has 2 aromatic heterocycles. The molecule has 27 heavy (non-hydrogen) atoms. The van der Waals surface area contributed by atoms with Gasteiger partial charge in [0, 0.05) is 16.0 Å². The van der Waals surface area contributed by atoms with E-state index in [0.717, 1.165) is 28.1 Å². The zero-order valence-electron chi connectivity index (χ0n) is 14.3. The van der Waals surface area contributed by atoms with Crippen molar-refractivity contribution in [3.8, 4) is 6.07 Å². The minimum absolute atomic E-state index is 0.142. The minimum Gasteiger partial charge on any atom is -0.325 e.